The summed E-state index contributed by atoms with van der Waals surface area (Å²) in [6.07, 6.45) is 4.07. The first-order chi connectivity index (χ1) is 13.2. The number of benzene rings is 2. The summed E-state index contributed by atoms with van der Waals surface area (Å²) in [5, 5.41) is 7.25. The highest BCUT2D eigenvalue weighted by Crippen LogP contribution is 2.39. The first kappa shape index (κ1) is 17.3. The van der Waals surface area contributed by atoms with Crippen molar-refractivity contribution in [1.29, 1.82) is 0 Å². The van der Waals surface area contributed by atoms with Gasteiger partial charge < -0.3 is 14.8 Å². The Balaban J connectivity index is 1.65. The zero-order valence-corrected chi connectivity index (χ0v) is 15.1. The molecule has 138 valence electrons. The van der Waals surface area contributed by atoms with Crippen molar-refractivity contribution < 1.29 is 14.3 Å². The van der Waals surface area contributed by atoms with E-state index >= 15 is 0 Å². The van der Waals surface area contributed by atoms with Crippen LogP contribution in [0.1, 0.15) is 23.5 Å². The fourth-order valence-electron chi connectivity index (χ4n) is 3.38. The first-order valence-electron chi connectivity index (χ1n) is 8.90. The molecule has 1 N–H and O–H groups in total. The zero-order valence-electron chi connectivity index (χ0n) is 15.1. The molecule has 0 bridgehead atoms. The van der Waals surface area contributed by atoms with Gasteiger partial charge in [0.2, 0.25) is 5.91 Å². The fourth-order valence-corrected chi connectivity index (χ4v) is 3.38. The monoisotopic (exact) mass is 363 g/mol. The second-order valence-electron chi connectivity index (χ2n) is 6.44. The molecule has 4 rings (SSSR count). The molecule has 1 aliphatic rings. The van der Waals surface area contributed by atoms with Crippen molar-refractivity contribution in [2.45, 2.75) is 12.3 Å². The second-order valence-corrected chi connectivity index (χ2v) is 6.44. The summed E-state index contributed by atoms with van der Waals surface area (Å²) in [6, 6.07) is 15.9. The Hall–Kier alpha value is -3.12. The smallest absolute Gasteiger partial charge is 0.225 e. The number of hydrogen-bond acceptors (Lipinski definition) is 4. The number of anilines is 1. The van der Waals surface area contributed by atoms with E-state index in [4.69, 9.17) is 9.47 Å². The zero-order chi connectivity index (χ0) is 18.6. The molecule has 0 spiro atoms. The predicted octanol–water partition coefficient (Wildman–Crippen LogP) is 3.37. The van der Waals surface area contributed by atoms with Gasteiger partial charge in [0.1, 0.15) is 12.4 Å². The Morgan fingerprint density at radius 3 is 2.93 bits per heavy atom. The third kappa shape index (κ3) is 3.71. The number of rotatable bonds is 6. The van der Waals surface area contributed by atoms with Crippen LogP contribution in [-0.2, 0) is 9.53 Å². The van der Waals surface area contributed by atoms with E-state index in [1.165, 1.54) is 0 Å². The highest BCUT2D eigenvalue weighted by molar-refractivity contribution is 5.95. The van der Waals surface area contributed by atoms with Gasteiger partial charge in [0, 0.05) is 43.6 Å². The topological polar surface area (TPSA) is 65.4 Å². The van der Waals surface area contributed by atoms with Gasteiger partial charge in [-0.15, -0.1) is 0 Å². The van der Waals surface area contributed by atoms with Gasteiger partial charge in [0.15, 0.2) is 0 Å². The molecule has 0 unspecified atom stereocenters. The molecule has 0 saturated heterocycles. The molecule has 6 nitrogen and oxygen atoms in total. The molecule has 6 heteroatoms. The normalized spacial score (nSPS) is 15.9. The molecule has 0 fully saturated rings. The Labute approximate surface area is 157 Å². The fraction of sp³-hybridized carbons (Fsp3) is 0.238. The van der Waals surface area contributed by atoms with Crippen LogP contribution >= 0.6 is 0 Å². The van der Waals surface area contributed by atoms with Gasteiger partial charge in [-0.3, -0.25) is 4.79 Å². The van der Waals surface area contributed by atoms with Crippen LogP contribution in [0.5, 0.6) is 5.75 Å². The van der Waals surface area contributed by atoms with E-state index in [1.807, 2.05) is 47.3 Å². The van der Waals surface area contributed by atoms with Crippen molar-refractivity contribution in [3.05, 3.63) is 72.1 Å². The summed E-state index contributed by atoms with van der Waals surface area (Å²) in [6.45, 7) is 0.991. The van der Waals surface area contributed by atoms with Gasteiger partial charge in [0.05, 0.1) is 12.3 Å². The molecule has 1 atom stereocenters. The molecule has 2 heterocycles. The van der Waals surface area contributed by atoms with Crippen LogP contribution in [0.25, 0.3) is 5.69 Å². The Kier molecular flexibility index (Phi) is 4.89. The summed E-state index contributed by atoms with van der Waals surface area (Å²) in [4.78, 5) is 12.3. The average molecular weight is 363 g/mol. The molecular weight excluding hydrogens is 342 g/mol. The molecule has 27 heavy (non-hydrogen) atoms. The number of nitrogens with one attached hydrogen (secondary N) is 1. The third-order valence-corrected chi connectivity index (χ3v) is 4.66. The molecule has 0 radical (unpaired) electrons. The summed E-state index contributed by atoms with van der Waals surface area (Å²) < 4.78 is 12.5. The molecule has 0 aliphatic carbocycles. The number of hydrogen-bond donors (Lipinski definition) is 1. The van der Waals surface area contributed by atoms with Crippen LogP contribution in [0.4, 0.5) is 5.69 Å². The van der Waals surface area contributed by atoms with Crippen molar-refractivity contribution in [3.63, 3.8) is 0 Å². The number of fused-ring (bicyclic) bond motifs is 1. The van der Waals surface area contributed by atoms with Crippen molar-refractivity contribution in [3.8, 4) is 11.4 Å². The van der Waals surface area contributed by atoms with Crippen molar-refractivity contribution >= 4 is 11.6 Å². The Morgan fingerprint density at radius 1 is 1.19 bits per heavy atom. The van der Waals surface area contributed by atoms with Gasteiger partial charge in [-0.05, 0) is 35.4 Å². The molecule has 2 aromatic carbocycles. The minimum atomic E-state index is -0.00251. The number of aromatic nitrogens is 2. The maximum absolute atomic E-state index is 12.3. The van der Waals surface area contributed by atoms with E-state index in [1.54, 1.807) is 13.3 Å². The van der Waals surface area contributed by atoms with Gasteiger partial charge >= 0.3 is 0 Å². The van der Waals surface area contributed by atoms with E-state index in [0.717, 1.165) is 28.3 Å². The number of ether oxygens (including phenoxy) is 2. The molecule has 0 saturated carbocycles. The average Bonchev–Trinajstić information content (AvgIpc) is 3.22. The third-order valence-electron chi connectivity index (χ3n) is 4.66. The van der Waals surface area contributed by atoms with E-state index in [-0.39, 0.29) is 11.8 Å². The van der Waals surface area contributed by atoms with Crippen LogP contribution < -0.4 is 10.1 Å². The van der Waals surface area contributed by atoms with E-state index in [9.17, 15) is 4.79 Å². The van der Waals surface area contributed by atoms with Crippen molar-refractivity contribution in [2.24, 2.45) is 0 Å². The number of carbonyl (C=O) groups excluding carboxylic acids is 1. The molecular formula is C21H21N3O3. The van der Waals surface area contributed by atoms with Gasteiger partial charge in [0.25, 0.3) is 0 Å². The highest BCUT2D eigenvalue weighted by Gasteiger charge is 2.27. The summed E-state index contributed by atoms with van der Waals surface area (Å²) in [7, 11) is 1.64. The van der Waals surface area contributed by atoms with Crippen LogP contribution in [0.15, 0.2) is 60.9 Å². The summed E-state index contributed by atoms with van der Waals surface area (Å²) >= 11 is 0. The molecule has 1 aliphatic heterocycles. The number of carbonyl (C=O) groups is 1. The Morgan fingerprint density at radius 2 is 2.11 bits per heavy atom. The Bertz CT molecular complexity index is 938. The lowest BCUT2D eigenvalue weighted by Crippen LogP contribution is -2.23. The minimum absolute atomic E-state index is 0.00251. The highest BCUT2D eigenvalue weighted by atomic mass is 16.5. The molecule has 1 aromatic heterocycles. The second kappa shape index (κ2) is 7.63. The lowest BCUT2D eigenvalue weighted by atomic mass is 9.84. The molecule has 3 aromatic rings. The number of nitrogens with zero attached hydrogens (tertiary/aromatic N) is 2. The van der Waals surface area contributed by atoms with Gasteiger partial charge in [-0.1, -0.05) is 18.2 Å². The lowest BCUT2D eigenvalue weighted by Gasteiger charge is -2.27. The van der Waals surface area contributed by atoms with Crippen LogP contribution in [0.2, 0.25) is 0 Å². The quantitative estimate of drug-likeness (QED) is 0.682. The van der Waals surface area contributed by atoms with E-state index in [2.05, 4.69) is 22.5 Å². The maximum atomic E-state index is 12.3. The van der Waals surface area contributed by atoms with Crippen molar-refractivity contribution in [1.82, 2.24) is 9.78 Å². The first-order valence-corrected chi connectivity index (χ1v) is 8.90. The van der Waals surface area contributed by atoms with Crippen LogP contribution in [0, 0.1) is 0 Å². The van der Waals surface area contributed by atoms with Gasteiger partial charge in [-0.25, -0.2) is 4.68 Å². The largest absolute Gasteiger partial charge is 0.491 e. The van der Waals surface area contributed by atoms with Crippen LogP contribution in [0.3, 0.4) is 0 Å². The summed E-state index contributed by atoms with van der Waals surface area (Å²) in [5.74, 6) is 0.723. The van der Waals surface area contributed by atoms with E-state index in [0.29, 0.717) is 19.6 Å². The summed E-state index contributed by atoms with van der Waals surface area (Å²) in [5.41, 5.74) is 3.96. The van der Waals surface area contributed by atoms with Gasteiger partial charge in [-0.2, -0.15) is 5.10 Å². The van der Waals surface area contributed by atoms with Crippen LogP contribution in [-0.4, -0.2) is 36.0 Å². The molecule has 1 amide bonds. The lowest BCUT2D eigenvalue weighted by molar-refractivity contribution is -0.116. The maximum Gasteiger partial charge on any atom is 0.225 e. The number of amides is 1. The van der Waals surface area contributed by atoms with Crippen molar-refractivity contribution in [2.75, 3.05) is 25.6 Å². The number of methoxy groups -OCH3 is 1. The van der Waals surface area contributed by atoms with E-state index < -0.39 is 0 Å². The minimum Gasteiger partial charge on any atom is -0.491 e. The SMILES string of the molecule is COCCOc1ccc2c(c1)NC(=O)C[C@@H]2c1cccc(-n2cccn2)c1. The standard InChI is InChI=1S/C21H21N3O3/c1-26-10-11-27-17-6-7-18-19(14-21(25)23-20(18)13-17)15-4-2-5-16(12-15)24-9-3-8-22-24/h2-9,12-13,19H,10-11,14H2,1H3,(H,23,25)/t19-/m1/s1. The predicted molar refractivity (Wildman–Crippen MR) is 102 cm³/mol.